The Kier molecular flexibility index (Phi) is 3.88. The molecule has 9 heteroatoms. The lowest BCUT2D eigenvalue weighted by molar-refractivity contribution is -0.124. The molecule has 0 fully saturated rings. The molecule has 1 amide bonds. The monoisotopic (exact) mass is 354 g/mol. The summed E-state index contributed by atoms with van der Waals surface area (Å²) in [7, 11) is -4.24. The zero-order chi connectivity index (χ0) is 17.5. The van der Waals surface area contributed by atoms with Gasteiger partial charge in [-0.1, -0.05) is 12.1 Å². The van der Waals surface area contributed by atoms with Gasteiger partial charge in [0.1, 0.15) is 5.75 Å². The fourth-order valence-electron chi connectivity index (χ4n) is 2.34. The number of benzene rings is 2. The number of hydrogen-bond acceptors (Lipinski definition) is 4. The van der Waals surface area contributed by atoms with Crippen LogP contribution >= 0.6 is 0 Å². The first kappa shape index (κ1) is 16.2. The van der Waals surface area contributed by atoms with E-state index in [2.05, 4.69) is 0 Å². The zero-order valence-electron chi connectivity index (χ0n) is 12.1. The Bertz CT molecular complexity index is 917. The normalized spacial score (nSPS) is 17.1. The first-order chi connectivity index (χ1) is 11.3. The van der Waals surface area contributed by atoms with E-state index in [1.54, 1.807) is 12.1 Å². The molecule has 2 aromatic carbocycles. The summed E-state index contributed by atoms with van der Waals surface area (Å²) in [4.78, 5) is 11.0. The number of hydrogen-bond donors (Lipinski definition) is 1. The van der Waals surface area contributed by atoms with Crippen molar-refractivity contribution in [1.29, 1.82) is 0 Å². The van der Waals surface area contributed by atoms with Crippen molar-refractivity contribution < 1.29 is 26.7 Å². The van der Waals surface area contributed by atoms with Crippen molar-refractivity contribution in [3.63, 3.8) is 0 Å². The van der Waals surface area contributed by atoms with E-state index in [4.69, 9.17) is 10.5 Å². The Hall–Kier alpha value is -2.68. The number of nitrogens with two attached hydrogens (primary N) is 1. The summed E-state index contributed by atoms with van der Waals surface area (Å²) in [6.07, 6.45) is -1.19. The maximum absolute atomic E-state index is 13.4. The number of amides is 1. The van der Waals surface area contributed by atoms with Crippen molar-refractivity contribution in [2.45, 2.75) is 11.0 Å². The summed E-state index contributed by atoms with van der Waals surface area (Å²) in [6, 6.07) is 8.40. The minimum atomic E-state index is -4.24. The Morgan fingerprint density at radius 3 is 2.54 bits per heavy atom. The number of nitrogens with zero attached hydrogens (tertiary/aromatic N) is 1. The van der Waals surface area contributed by atoms with Crippen molar-refractivity contribution >= 4 is 21.6 Å². The van der Waals surface area contributed by atoms with E-state index in [0.717, 1.165) is 16.4 Å². The van der Waals surface area contributed by atoms with Crippen LogP contribution in [0.5, 0.6) is 5.75 Å². The van der Waals surface area contributed by atoms with Crippen LogP contribution in [0.3, 0.4) is 0 Å². The van der Waals surface area contributed by atoms with Crippen molar-refractivity contribution in [3.05, 3.63) is 54.1 Å². The van der Waals surface area contributed by atoms with Crippen LogP contribution in [0.1, 0.15) is 0 Å². The van der Waals surface area contributed by atoms with Gasteiger partial charge < -0.3 is 10.5 Å². The van der Waals surface area contributed by atoms with Gasteiger partial charge in [0.25, 0.3) is 15.9 Å². The highest BCUT2D eigenvalue weighted by Crippen LogP contribution is 2.36. The summed E-state index contributed by atoms with van der Waals surface area (Å²) in [5.41, 5.74) is 5.40. The van der Waals surface area contributed by atoms with Gasteiger partial charge in [-0.05, 0) is 30.3 Å². The number of rotatable bonds is 3. The predicted octanol–water partition coefficient (Wildman–Crippen LogP) is 1.41. The third kappa shape index (κ3) is 2.67. The van der Waals surface area contributed by atoms with Gasteiger partial charge in [-0.25, -0.2) is 17.2 Å². The molecular weight excluding hydrogens is 342 g/mol. The quantitative estimate of drug-likeness (QED) is 0.902. The summed E-state index contributed by atoms with van der Waals surface area (Å²) in [5.74, 6) is -3.14. The van der Waals surface area contributed by atoms with Crippen LogP contribution in [-0.4, -0.2) is 27.0 Å². The number of halogens is 2. The Balaban J connectivity index is 2.12. The van der Waals surface area contributed by atoms with E-state index in [0.29, 0.717) is 6.07 Å². The molecule has 0 unspecified atom stereocenters. The number of carbonyl (C=O) groups is 1. The molecule has 1 aliphatic heterocycles. The molecule has 0 aromatic heterocycles. The van der Waals surface area contributed by atoms with Gasteiger partial charge >= 0.3 is 0 Å². The largest absolute Gasteiger partial charge is 0.476 e. The van der Waals surface area contributed by atoms with Gasteiger partial charge in [0.05, 0.1) is 17.1 Å². The number of fused-ring (bicyclic) bond motifs is 1. The van der Waals surface area contributed by atoms with Crippen LogP contribution in [0.2, 0.25) is 0 Å². The van der Waals surface area contributed by atoms with E-state index in [9.17, 15) is 22.0 Å². The van der Waals surface area contributed by atoms with Crippen LogP contribution < -0.4 is 14.8 Å². The Morgan fingerprint density at radius 2 is 1.88 bits per heavy atom. The second-order valence-corrected chi connectivity index (χ2v) is 6.95. The van der Waals surface area contributed by atoms with Crippen molar-refractivity contribution in [2.75, 3.05) is 10.8 Å². The molecule has 1 aliphatic rings. The van der Waals surface area contributed by atoms with Crippen LogP contribution in [0.15, 0.2) is 47.4 Å². The van der Waals surface area contributed by atoms with Gasteiger partial charge in [0.2, 0.25) is 0 Å². The second kappa shape index (κ2) is 5.75. The third-order valence-electron chi connectivity index (χ3n) is 3.53. The summed E-state index contributed by atoms with van der Waals surface area (Å²) in [6.45, 7) is -0.367. The molecule has 6 nitrogen and oxygen atoms in total. The van der Waals surface area contributed by atoms with Gasteiger partial charge in [0.15, 0.2) is 17.7 Å². The molecule has 0 radical (unpaired) electrons. The van der Waals surface area contributed by atoms with Gasteiger partial charge in [-0.3, -0.25) is 9.10 Å². The zero-order valence-corrected chi connectivity index (χ0v) is 13.0. The number of primary amides is 1. The highest BCUT2D eigenvalue weighted by atomic mass is 32.2. The summed E-state index contributed by atoms with van der Waals surface area (Å²) in [5, 5.41) is 0. The van der Waals surface area contributed by atoms with Crippen LogP contribution in [0, 0.1) is 11.6 Å². The lowest BCUT2D eigenvalue weighted by Crippen LogP contribution is -2.49. The minimum Gasteiger partial charge on any atom is -0.476 e. The minimum absolute atomic E-state index is 0.152. The molecule has 0 spiro atoms. The topological polar surface area (TPSA) is 89.7 Å². The maximum atomic E-state index is 13.4. The van der Waals surface area contributed by atoms with E-state index < -0.39 is 38.6 Å². The van der Waals surface area contributed by atoms with Crippen LogP contribution in [0.25, 0.3) is 0 Å². The molecule has 3 rings (SSSR count). The van der Waals surface area contributed by atoms with Crippen molar-refractivity contribution in [1.82, 2.24) is 0 Å². The first-order valence-electron chi connectivity index (χ1n) is 6.83. The number of para-hydroxylation sites is 2. The smallest absolute Gasteiger partial charge is 0.264 e. The highest BCUT2D eigenvalue weighted by Gasteiger charge is 2.36. The number of sulfonamides is 1. The van der Waals surface area contributed by atoms with Crippen molar-refractivity contribution in [3.8, 4) is 5.75 Å². The Morgan fingerprint density at radius 1 is 1.17 bits per heavy atom. The molecule has 2 aromatic rings. The summed E-state index contributed by atoms with van der Waals surface area (Å²) < 4.78 is 58.4. The second-order valence-electron chi connectivity index (χ2n) is 5.09. The average molecular weight is 354 g/mol. The molecule has 1 heterocycles. The molecule has 0 aliphatic carbocycles. The number of carbonyl (C=O) groups excluding carboxylic acids is 1. The first-order valence-corrected chi connectivity index (χ1v) is 8.27. The van der Waals surface area contributed by atoms with E-state index in [1.807, 2.05) is 0 Å². The van der Waals surface area contributed by atoms with E-state index in [-0.39, 0.29) is 18.0 Å². The molecule has 24 heavy (non-hydrogen) atoms. The van der Waals surface area contributed by atoms with Gasteiger partial charge in [-0.2, -0.15) is 0 Å². The molecule has 0 saturated heterocycles. The lowest BCUT2D eigenvalue weighted by Gasteiger charge is -2.34. The number of anilines is 1. The predicted molar refractivity (Wildman–Crippen MR) is 80.9 cm³/mol. The SMILES string of the molecule is NC(=O)[C@H]1CN(S(=O)(=O)c2ccc(F)c(F)c2)c2ccccc2O1. The number of ether oxygens (including phenoxy) is 1. The molecule has 2 N–H and O–H groups in total. The van der Waals surface area contributed by atoms with Gasteiger partial charge in [0, 0.05) is 0 Å². The van der Waals surface area contributed by atoms with Crippen LogP contribution in [0.4, 0.5) is 14.5 Å². The maximum Gasteiger partial charge on any atom is 0.264 e. The highest BCUT2D eigenvalue weighted by molar-refractivity contribution is 7.92. The average Bonchev–Trinajstić information content (AvgIpc) is 2.56. The fourth-order valence-corrected chi connectivity index (χ4v) is 3.83. The molecular formula is C15H12F2N2O4S. The van der Waals surface area contributed by atoms with E-state index in [1.165, 1.54) is 12.1 Å². The Labute approximate surface area is 136 Å². The molecule has 0 saturated carbocycles. The molecule has 126 valence electrons. The standard InChI is InChI=1S/C15H12F2N2O4S/c16-10-6-5-9(7-11(10)17)24(21,22)19-8-14(15(18)20)23-13-4-2-1-3-12(13)19/h1-7,14H,8H2,(H2,18,20)/t14-/m1/s1. The van der Waals surface area contributed by atoms with Crippen LogP contribution in [-0.2, 0) is 14.8 Å². The molecule has 1 atom stereocenters. The fraction of sp³-hybridized carbons (Fsp3) is 0.133. The molecule has 0 bridgehead atoms. The summed E-state index contributed by atoms with van der Waals surface area (Å²) >= 11 is 0. The van der Waals surface area contributed by atoms with E-state index >= 15 is 0 Å². The van der Waals surface area contributed by atoms with Gasteiger partial charge in [-0.15, -0.1) is 0 Å². The third-order valence-corrected chi connectivity index (χ3v) is 5.31. The lowest BCUT2D eigenvalue weighted by atomic mass is 10.2. The van der Waals surface area contributed by atoms with Crippen molar-refractivity contribution in [2.24, 2.45) is 5.73 Å².